The fourth-order valence-electron chi connectivity index (χ4n) is 4.93. The average Bonchev–Trinajstić information content (AvgIpc) is 2.69. The van der Waals surface area contributed by atoms with Gasteiger partial charge in [0.2, 0.25) is 0 Å². The van der Waals surface area contributed by atoms with Crippen LogP contribution in [-0.4, -0.2) is 17.0 Å². The summed E-state index contributed by atoms with van der Waals surface area (Å²) in [6, 6.07) is 0. The molecule has 3 saturated carbocycles. The van der Waals surface area contributed by atoms with Gasteiger partial charge in [-0.2, -0.15) is 0 Å². The van der Waals surface area contributed by atoms with Gasteiger partial charge >= 0.3 is 0 Å². The minimum absolute atomic E-state index is 0.0398. The normalized spacial score (nSPS) is 58.3. The van der Waals surface area contributed by atoms with Crippen LogP contribution in [0, 0.1) is 22.7 Å². The van der Waals surface area contributed by atoms with E-state index in [0.717, 1.165) is 32.1 Å². The van der Waals surface area contributed by atoms with E-state index < -0.39 is 0 Å². The number of carbonyl (C=O) groups is 1. The Hall–Kier alpha value is -0.370. The van der Waals surface area contributed by atoms with E-state index in [1.807, 2.05) is 0 Å². The predicted octanol–water partition coefficient (Wildman–Crippen LogP) is 2.15. The number of Topliss-reactive ketones (excluding diaryl/α,β-unsaturated/α-hetero) is 1. The molecule has 84 valence electrons. The van der Waals surface area contributed by atoms with Gasteiger partial charge in [0.1, 0.15) is 5.78 Å². The molecule has 0 aliphatic heterocycles. The molecular weight excluding hydrogens is 188 g/mol. The van der Waals surface area contributed by atoms with Gasteiger partial charge in [0.05, 0.1) is 6.10 Å². The van der Waals surface area contributed by atoms with Gasteiger partial charge in [-0.1, -0.05) is 13.8 Å². The van der Waals surface area contributed by atoms with E-state index >= 15 is 0 Å². The van der Waals surface area contributed by atoms with Gasteiger partial charge in [0.25, 0.3) is 0 Å². The van der Waals surface area contributed by atoms with Crippen LogP contribution in [0.15, 0.2) is 0 Å². The van der Waals surface area contributed by atoms with Crippen LogP contribution in [0.1, 0.15) is 46.0 Å². The van der Waals surface area contributed by atoms with Gasteiger partial charge in [-0.25, -0.2) is 0 Å². The first-order valence-electron chi connectivity index (χ1n) is 6.22. The Morgan fingerprint density at radius 1 is 1.33 bits per heavy atom. The number of ketones is 1. The van der Waals surface area contributed by atoms with Crippen molar-refractivity contribution in [3.63, 3.8) is 0 Å². The van der Waals surface area contributed by atoms with E-state index in [1.165, 1.54) is 0 Å². The van der Waals surface area contributed by atoms with Crippen molar-refractivity contribution in [3.8, 4) is 0 Å². The Balaban J connectivity index is 2.07. The van der Waals surface area contributed by atoms with Gasteiger partial charge < -0.3 is 5.11 Å². The maximum atomic E-state index is 11.9. The van der Waals surface area contributed by atoms with E-state index in [2.05, 4.69) is 13.8 Å². The van der Waals surface area contributed by atoms with Gasteiger partial charge in [0, 0.05) is 12.3 Å². The summed E-state index contributed by atoms with van der Waals surface area (Å²) in [5, 5.41) is 10.2. The van der Waals surface area contributed by atoms with E-state index in [-0.39, 0.29) is 22.9 Å². The smallest absolute Gasteiger partial charge is 0.136 e. The van der Waals surface area contributed by atoms with Crippen molar-refractivity contribution in [1.82, 2.24) is 0 Å². The topological polar surface area (TPSA) is 37.3 Å². The molecule has 2 heteroatoms. The Morgan fingerprint density at radius 3 is 2.80 bits per heavy atom. The van der Waals surface area contributed by atoms with Crippen LogP contribution >= 0.6 is 0 Å². The largest absolute Gasteiger partial charge is 0.393 e. The average molecular weight is 208 g/mol. The molecule has 0 saturated heterocycles. The molecule has 0 amide bonds. The summed E-state index contributed by atoms with van der Waals surface area (Å²) in [6.07, 6.45) is 4.84. The summed E-state index contributed by atoms with van der Waals surface area (Å²) in [6.45, 7) is 4.31. The van der Waals surface area contributed by atoms with Crippen molar-refractivity contribution in [3.05, 3.63) is 0 Å². The van der Waals surface area contributed by atoms with E-state index in [4.69, 9.17) is 0 Å². The quantitative estimate of drug-likeness (QED) is 0.662. The number of aliphatic hydroxyl groups excluding tert-OH is 1. The SMILES string of the molecule is CC1C(=O)CC23CCC(O)C2(C)CCC13. The molecule has 1 N–H and O–H groups in total. The molecule has 3 aliphatic rings. The minimum atomic E-state index is -0.166. The van der Waals surface area contributed by atoms with Crippen LogP contribution in [0.3, 0.4) is 0 Å². The van der Waals surface area contributed by atoms with Crippen LogP contribution in [0.5, 0.6) is 0 Å². The van der Waals surface area contributed by atoms with E-state index in [0.29, 0.717) is 11.7 Å². The highest BCUT2D eigenvalue weighted by molar-refractivity contribution is 5.85. The third-order valence-corrected chi connectivity index (χ3v) is 6.02. The second-order valence-electron chi connectivity index (χ2n) is 6.21. The molecule has 1 spiro atoms. The Morgan fingerprint density at radius 2 is 2.07 bits per heavy atom. The standard InChI is InChI=1S/C13H20O2/c1-8-9-3-5-12(2)11(15)4-6-13(9,12)7-10(8)14/h8-9,11,15H,3-7H2,1-2H3. The molecule has 3 aliphatic carbocycles. The van der Waals surface area contributed by atoms with E-state index in [1.54, 1.807) is 0 Å². The molecule has 0 aromatic carbocycles. The Kier molecular flexibility index (Phi) is 1.74. The van der Waals surface area contributed by atoms with Crippen molar-refractivity contribution in [2.75, 3.05) is 0 Å². The third-order valence-electron chi connectivity index (χ3n) is 6.02. The molecule has 3 rings (SSSR count). The molecule has 3 fully saturated rings. The van der Waals surface area contributed by atoms with Crippen LogP contribution < -0.4 is 0 Å². The fraction of sp³-hybridized carbons (Fsp3) is 0.923. The van der Waals surface area contributed by atoms with Crippen molar-refractivity contribution in [2.45, 2.75) is 52.1 Å². The number of rotatable bonds is 0. The molecular formula is C13H20O2. The van der Waals surface area contributed by atoms with Gasteiger partial charge in [-0.05, 0) is 42.4 Å². The zero-order valence-electron chi connectivity index (χ0n) is 9.62. The number of hydrogen-bond acceptors (Lipinski definition) is 2. The molecule has 0 aromatic heterocycles. The lowest BCUT2D eigenvalue weighted by Crippen LogP contribution is -2.38. The maximum absolute atomic E-state index is 11.9. The highest BCUT2D eigenvalue weighted by Gasteiger charge is 2.68. The summed E-state index contributed by atoms with van der Waals surface area (Å²) in [5.41, 5.74) is 0.209. The van der Waals surface area contributed by atoms with Gasteiger partial charge in [0.15, 0.2) is 0 Å². The van der Waals surface area contributed by atoms with Crippen LogP contribution in [0.2, 0.25) is 0 Å². The lowest BCUT2D eigenvalue weighted by Gasteiger charge is -2.39. The lowest BCUT2D eigenvalue weighted by molar-refractivity contribution is -0.121. The summed E-state index contributed by atoms with van der Waals surface area (Å²) in [5.74, 6) is 1.25. The Labute approximate surface area is 91.1 Å². The van der Waals surface area contributed by atoms with Gasteiger partial charge in [-0.3, -0.25) is 4.79 Å². The van der Waals surface area contributed by atoms with Crippen LogP contribution in [0.4, 0.5) is 0 Å². The Bertz CT molecular complexity index is 324. The monoisotopic (exact) mass is 208 g/mol. The lowest BCUT2D eigenvalue weighted by atomic mass is 9.65. The molecule has 0 radical (unpaired) electrons. The summed E-state index contributed by atoms with van der Waals surface area (Å²) in [7, 11) is 0. The summed E-state index contributed by atoms with van der Waals surface area (Å²) < 4.78 is 0. The number of hydrogen-bond donors (Lipinski definition) is 1. The van der Waals surface area contributed by atoms with Crippen LogP contribution in [0.25, 0.3) is 0 Å². The molecule has 2 nitrogen and oxygen atoms in total. The van der Waals surface area contributed by atoms with Crippen molar-refractivity contribution >= 4 is 5.78 Å². The van der Waals surface area contributed by atoms with E-state index in [9.17, 15) is 9.90 Å². The zero-order valence-corrected chi connectivity index (χ0v) is 9.62. The second-order valence-corrected chi connectivity index (χ2v) is 6.21. The maximum Gasteiger partial charge on any atom is 0.136 e. The molecule has 0 heterocycles. The third kappa shape index (κ3) is 0.885. The first kappa shape index (κ1) is 9.83. The molecule has 5 atom stereocenters. The summed E-state index contributed by atoms with van der Waals surface area (Å²) in [4.78, 5) is 11.9. The number of aliphatic hydroxyl groups is 1. The summed E-state index contributed by atoms with van der Waals surface area (Å²) >= 11 is 0. The highest BCUT2D eigenvalue weighted by atomic mass is 16.3. The zero-order chi connectivity index (χ0) is 10.8. The predicted molar refractivity (Wildman–Crippen MR) is 57.3 cm³/mol. The fourth-order valence-corrected chi connectivity index (χ4v) is 4.93. The molecule has 15 heavy (non-hydrogen) atoms. The molecule has 5 unspecified atom stereocenters. The second kappa shape index (κ2) is 2.65. The molecule has 0 aromatic rings. The van der Waals surface area contributed by atoms with Crippen molar-refractivity contribution in [2.24, 2.45) is 22.7 Å². The molecule has 0 bridgehead atoms. The highest BCUT2D eigenvalue weighted by Crippen LogP contribution is 2.71. The van der Waals surface area contributed by atoms with Crippen molar-refractivity contribution in [1.29, 1.82) is 0 Å². The van der Waals surface area contributed by atoms with Gasteiger partial charge in [-0.15, -0.1) is 0 Å². The first-order chi connectivity index (χ1) is 7.01. The first-order valence-corrected chi connectivity index (χ1v) is 6.22. The van der Waals surface area contributed by atoms with Crippen LogP contribution in [-0.2, 0) is 4.79 Å². The number of carbonyl (C=O) groups excluding carboxylic acids is 1. The minimum Gasteiger partial charge on any atom is -0.393 e. The van der Waals surface area contributed by atoms with Crippen molar-refractivity contribution < 1.29 is 9.90 Å².